The average molecular weight is 459 g/mol. The second-order valence-electron chi connectivity index (χ2n) is 11.1. The van der Waals surface area contributed by atoms with Crippen LogP contribution in [-0.2, 0) is 19.1 Å². The average Bonchev–Trinajstić information content (AvgIpc) is 3.36. The maximum Gasteiger partial charge on any atom is 0.246 e. The van der Waals surface area contributed by atoms with Gasteiger partial charge in [-0.2, -0.15) is 0 Å². The van der Waals surface area contributed by atoms with Crippen LogP contribution in [0.2, 0.25) is 0 Å². The molecule has 2 N–H and O–H groups in total. The van der Waals surface area contributed by atoms with Crippen molar-refractivity contribution in [2.45, 2.75) is 77.7 Å². The lowest BCUT2D eigenvalue weighted by molar-refractivity contribution is -0.144. The first-order valence-electron chi connectivity index (χ1n) is 11.5. The summed E-state index contributed by atoms with van der Waals surface area (Å²) in [7, 11) is 0. The van der Waals surface area contributed by atoms with Crippen molar-refractivity contribution in [3.8, 4) is 0 Å². The van der Waals surface area contributed by atoms with Gasteiger partial charge in [0.1, 0.15) is 17.4 Å². The molecule has 180 valence electrons. The van der Waals surface area contributed by atoms with Crippen LogP contribution in [0.25, 0.3) is 0 Å². The number of hydrogen-bond acceptors (Lipinski definition) is 6. The van der Waals surface area contributed by atoms with E-state index in [4.69, 9.17) is 9.26 Å². The van der Waals surface area contributed by atoms with Gasteiger partial charge < -0.3 is 24.8 Å². The second kappa shape index (κ2) is 7.68. The zero-order chi connectivity index (χ0) is 24.3. The number of hydrogen-bond donors (Lipinski definition) is 2. The Morgan fingerprint density at radius 1 is 1.24 bits per heavy atom. The number of ether oxygens (including phenoxy) is 1. The summed E-state index contributed by atoms with van der Waals surface area (Å²) in [6, 6.07) is 0.767. The van der Waals surface area contributed by atoms with Crippen molar-refractivity contribution in [1.82, 2.24) is 15.4 Å². The van der Waals surface area contributed by atoms with Crippen molar-refractivity contribution >= 4 is 23.5 Å². The Hall–Kier alpha value is -2.68. The molecule has 2 fully saturated rings. The van der Waals surface area contributed by atoms with Gasteiger partial charge in [0.2, 0.25) is 17.7 Å². The number of amides is 3. The van der Waals surface area contributed by atoms with Gasteiger partial charge >= 0.3 is 0 Å². The summed E-state index contributed by atoms with van der Waals surface area (Å²) in [5, 5.41) is 9.62. The number of likely N-dealkylation sites (tertiary alicyclic amines) is 1. The summed E-state index contributed by atoms with van der Waals surface area (Å²) >= 11 is 0. The molecule has 2 bridgehead atoms. The standard InChI is InChI=1S/C24H34N4O5/c1-13(2)8-11-28-18(20(30)26-22(4,5)6)24-10-9-23(7,33-24)16(17(24)21(28)31)19(29)25-15-12-14(3)32-27-15/h9-10,12-13,16-18H,8,11H2,1-7H3,(H,26,30)(H,25,27,29)/t16-,17+,18+,23+,24+/m0/s1. The van der Waals surface area contributed by atoms with Gasteiger partial charge in [-0.1, -0.05) is 31.2 Å². The number of carbonyl (C=O) groups excluding carboxylic acids is 3. The summed E-state index contributed by atoms with van der Waals surface area (Å²) in [4.78, 5) is 42.3. The SMILES string of the molecule is Cc1cc(NC(=O)[C@@H]2[C@@H]3C(=O)N(CCC(C)C)[C@H](C(=O)NC(C)(C)C)[C@@]34C=C[C@@]2(C)O4)no1. The van der Waals surface area contributed by atoms with Crippen molar-refractivity contribution in [3.05, 3.63) is 24.0 Å². The van der Waals surface area contributed by atoms with Crippen LogP contribution < -0.4 is 10.6 Å². The van der Waals surface area contributed by atoms with E-state index in [2.05, 4.69) is 29.6 Å². The molecular formula is C24H34N4O5. The van der Waals surface area contributed by atoms with Gasteiger partial charge in [-0.25, -0.2) is 0 Å². The summed E-state index contributed by atoms with van der Waals surface area (Å²) < 4.78 is 11.5. The van der Waals surface area contributed by atoms with E-state index in [-0.39, 0.29) is 23.5 Å². The maximum atomic E-state index is 13.8. The first kappa shape index (κ1) is 23.5. The van der Waals surface area contributed by atoms with E-state index in [9.17, 15) is 14.4 Å². The van der Waals surface area contributed by atoms with Crippen LogP contribution in [-0.4, -0.2) is 57.1 Å². The molecule has 0 saturated carbocycles. The number of aryl methyl sites for hydroxylation is 1. The smallest absolute Gasteiger partial charge is 0.246 e. The molecule has 9 heteroatoms. The van der Waals surface area contributed by atoms with Gasteiger partial charge in [0, 0.05) is 18.2 Å². The lowest BCUT2D eigenvalue weighted by Gasteiger charge is -2.35. The molecule has 33 heavy (non-hydrogen) atoms. The van der Waals surface area contributed by atoms with E-state index in [0.29, 0.717) is 18.2 Å². The number of nitrogens with one attached hydrogen (secondary N) is 2. The fourth-order valence-corrected chi connectivity index (χ4v) is 5.33. The van der Waals surface area contributed by atoms with Gasteiger partial charge in [-0.05, 0) is 47.0 Å². The Labute approximate surface area is 194 Å². The largest absolute Gasteiger partial charge is 0.360 e. The quantitative estimate of drug-likeness (QED) is 0.633. The van der Waals surface area contributed by atoms with Crippen molar-refractivity contribution in [2.24, 2.45) is 17.8 Å². The fraction of sp³-hybridized carbons (Fsp3) is 0.667. The molecule has 0 aliphatic carbocycles. The first-order valence-corrected chi connectivity index (χ1v) is 11.5. The Bertz CT molecular complexity index is 1010. The minimum Gasteiger partial charge on any atom is -0.360 e. The number of aromatic nitrogens is 1. The highest BCUT2D eigenvalue weighted by Gasteiger charge is 2.76. The van der Waals surface area contributed by atoms with Crippen molar-refractivity contribution in [2.75, 3.05) is 11.9 Å². The summed E-state index contributed by atoms with van der Waals surface area (Å²) in [5.41, 5.74) is -2.68. The minimum atomic E-state index is -1.19. The zero-order valence-corrected chi connectivity index (χ0v) is 20.4. The lowest BCUT2D eigenvalue weighted by Crippen LogP contribution is -2.58. The van der Waals surface area contributed by atoms with Crippen LogP contribution in [0.3, 0.4) is 0 Å². The van der Waals surface area contributed by atoms with E-state index >= 15 is 0 Å². The van der Waals surface area contributed by atoms with Crippen molar-refractivity contribution < 1.29 is 23.6 Å². The molecule has 5 atom stereocenters. The molecule has 2 saturated heterocycles. The minimum absolute atomic E-state index is 0.228. The number of anilines is 1. The van der Waals surface area contributed by atoms with E-state index in [0.717, 1.165) is 6.42 Å². The van der Waals surface area contributed by atoms with Gasteiger partial charge in [0.05, 0.1) is 17.4 Å². The Kier molecular flexibility index (Phi) is 5.47. The molecule has 0 unspecified atom stereocenters. The third kappa shape index (κ3) is 3.86. The monoisotopic (exact) mass is 458 g/mol. The Balaban J connectivity index is 1.71. The molecule has 4 rings (SSSR count). The van der Waals surface area contributed by atoms with Gasteiger partial charge in [0.25, 0.3) is 0 Å². The van der Waals surface area contributed by atoms with Crippen LogP contribution in [0.1, 0.15) is 53.7 Å². The van der Waals surface area contributed by atoms with Crippen molar-refractivity contribution in [3.63, 3.8) is 0 Å². The lowest BCUT2D eigenvalue weighted by atomic mass is 9.70. The van der Waals surface area contributed by atoms with E-state index in [1.54, 1.807) is 24.8 Å². The zero-order valence-electron chi connectivity index (χ0n) is 20.4. The van der Waals surface area contributed by atoms with Crippen LogP contribution in [0.4, 0.5) is 5.82 Å². The van der Waals surface area contributed by atoms with Gasteiger partial charge in [-0.15, -0.1) is 0 Å². The predicted octanol–water partition coefficient (Wildman–Crippen LogP) is 2.42. The molecule has 0 radical (unpaired) electrons. The van der Waals surface area contributed by atoms with Gasteiger partial charge in [-0.3, -0.25) is 14.4 Å². The second-order valence-corrected chi connectivity index (χ2v) is 11.1. The number of carbonyl (C=O) groups is 3. The van der Waals surface area contributed by atoms with E-state index < -0.39 is 34.6 Å². The van der Waals surface area contributed by atoms with Crippen LogP contribution >= 0.6 is 0 Å². The number of fused-ring (bicyclic) bond motifs is 1. The molecule has 9 nitrogen and oxygen atoms in total. The molecule has 4 heterocycles. The van der Waals surface area contributed by atoms with Crippen molar-refractivity contribution in [1.29, 1.82) is 0 Å². The summed E-state index contributed by atoms with van der Waals surface area (Å²) in [6.45, 7) is 13.8. The number of nitrogens with zero attached hydrogens (tertiary/aromatic N) is 2. The topological polar surface area (TPSA) is 114 Å². The highest BCUT2D eigenvalue weighted by molar-refractivity contribution is 6.03. The molecule has 3 aliphatic rings. The summed E-state index contributed by atoms with van der Waals surface area (Å²) in [5.74, 6) is -1.29. The first-order chi connectivity index (χ1) is 15.3. The molecule has 1 aromatic rings. The van der Waals surface area contributed by atoms with Crippen LogP contribution in [0.5, 0.6) is 0 Å². The predicted molar refractivity (Wildman–Crippen MR) is 121 cm³/mol. The third-order valence-electron chi connectivity index (χ3n) is 6.65. The van der Waals surface area contributed by atoms with Gasteiger partial charge in [0.15, 0.2) is 5.82 Å². The van der Waals surface area contributed by atoms with E-state index in [1.165, 1.54) is 0 Å². The fourth-order valence-electron chi connectivity index (χ4n) is 5.33. The molecule has 0 aromatic carbocycles. The highest BCUT2D eigenvalue weighted by atomic mass is 16.5. The molecule has 3 amide bonds. The Morgan fingerprint density at radius 2 is 1.94 bits per heavy atom. The Morgan fingerprint density at radius 3 is 2.52 bits per heavy atom. The maximum absolute atomic E-state index is 13.8. The normalized spacial score (nSPS) is 32.5. The molecule has 3 aliphatic heterocycles. The molecule has 1 spiro atoms. The highest BCUT2D eigenvalue weighted by Crippen LogP contribution is 2.59. The van der Waals surface area contributed by atoms with Crippen LogP contribution in [0, 0.1) is 24.7 Å². The molecular weight excluding hydrogens is 424 g/mol. The molecule has 1 aromatic heterocycles. The third-order valence-corrected chi connectivity index (χ3v) is 6.65. The number of rotatable bonds is 6. The summed E-state index contributed by atoms with van der Waals surface area (Å²) in [6.07, 6.45) is 4.38. The van der Waals surface area contributed by atoms with Crippen LogP contribution in [0.15, 0.2) is 22.7 Å². The van der Waals surface area contributed by atoms with E-state index in [1.807, 2.05) is 32.9 Å².